The van der Waals surface area contributed by atoms with Gasteiger partial charge in [-0.15, -0.1) is 0 Å². The first kappa shape index (κ1) is 12.5. The highest BCUT2D eigenvalue weighted by Crippen LogP contribution is 2.38. The molecule has 0 amide bonds. The molecule has 0 unspecified atom stereocenters. The highest BCUT2D eigenvalue weighted by Gasteiger charge is 2.31. The van der Waals surface area contributed by atoms with Crippen LogP contribution < -0.4 is 5.56 Å². The van der Waals surface area contributed by atoms with Crippen molar-refractivity contribution in [1.82, 2.24) is 4.57 Å². The van der Waals surface area contributed by atoms with E-state index in [0.29, 0.717) is 6.04 Å². The Hall–Kier alpha value is -1.57. The van der Waals surface area contributed by atoms with E-state index in [0.717, 1.165) is 34.9 Å². The van der Waals surface area contributed by atoms with Crippen LogP contribution in [0.5, 0.6) is 0 Å². The molecule has 2 heteroatoms. The number of fused-ring (bicyclic) bond motifs is 1. The molecule has 0 radical (unpaired) electrons. The van der Waals surface area contributed by atoms with Crippen molar-refractivity contribution in [2.24, 2.45) is 0 Å². The van der Waals surface area contributed by atoms with Gasteiger partial charge in [0, 0.05) is 17.2 Å². The van der Waals surface area contributed by atoms with Gasteiger partial charge >= 0.3 is 0 Å². The molecule has 0 atom stereocenters. The topological polar surface area (TPSA) is 22.0 Å². The zero-order chi connectivity index (χ0) is 13.8. The van der Waals surface area contributed by atoms with Gasteiger partial charge in [-0.05, 0) is 36.8 Å². The molecule has 19 heavy (non-hydrogen) atoms. The Labute approximate surface area is 114 Å². The van der Waals surface area contributed by atoms with Crippen LogP contribution in [0.15, 0.2) is 29.1 Å². The number of pyridine rings is 1. The molecule has 0 bridgehead atoms. The Kier molecular flexibility index (Phi) is 2.60. The molecule has 1 saturated carbocycles. The van der Waals surface area contributed by atoms with Gasteiger partial charge in [0.25, 0.3) is 5.56 Å². The van der Waals surface area contributed by atoms with Gasteiger partial charge in [-0.2, -0.15) is 0 Å². The van der Waals surface area contributed by atoms with Crippen molar-refractivity contribution in [3.8, 4) is 0 Å². The first-order valence-corrected chi connectivity index (χ1v) is 7.05. The summed E-state index contributed by atoms with van der Waals surface area (Å²) in [6, 6.07) is 8.74. The monoisotopic (exact) mass is 255 g/mol. The molecule has 1 heterocycles. The average molecular weight is 255 g/mol. The summed E-state index contributed by atoms with van der Waals surface area (Å²) in [4.78, 5) is 12.9. The third-order valence-corrected chi connectivity index (χ3v) is 3.97. The predicted octanol–water partition coefficient (Wildman–Crippen LogP) is 3.94. The minimum Gasteiger partial charge on any atom is -0.309 e. The van der Waals surface area contributed by atoms with E-state index in [1.165, 1.54) is 0 Å². The third-order valence-electron chi connectivity index (χ3n) is 3.97. The maximum absolute atomic E-state index is 12.9. The summed E-state index contributed by atoms with van der Waals surface area (Å²) in [6.45, 7) is 8.57. The van der Waals surface area contributed by atoms with Gasteiger partial charge < -0.3 is 4.57 Å². The quantitative estimate of drug-likeness (QED) is 0.756. The molecular formula is C17H21NO. The van der Waals surface area contributed by atoms with Gasteiger partial charge in [0.1, 0.15) is 0 Å². The summed E-state index contributed by atoms with van der Waals surface area (Å²) >= 11 is 0. The Morgan fingerprint density at radius 1 is 1.21 bits per heavy atom. The lowest BCUT2D eigenvalue weighted by Gasteiger charge is -2.25. The summed E-state index contributed by atoms with van der Waals surface area (Å²) in [5.41, 5.74) is 2.44. The Morgan fingerprint density at radius 2 is 1.89 bits per heavy atom. The van der Waals surface area contributed by atoms with Gasteiger partial charge in [0.15, 0.2) is 0 Å². The summed E-state index contributed by atoms with van der Waals surface area (Å²) in [5, 5.41) is 1.97. The van der Waals surface area contributed by atoms with Crippen LogP contribution in [0.2, 0.25) is 0 Å². The molecule has 1 fully saturated rings. The molecule has 2 nitrogen and oxygen atoms in total. The number of hydrogen-bond donors (Lipinski definition) is 0. The third kappa shape index (κ3) is 1.99. The summed E-state index contributed by atoms with van der Waals surface area (Å²) in [7, 11) is 0. The van der Waals surface area contributed by atoms with Gasteiger partial charge in [-0.25, -0.2) is 0 Å². The normalized spacial score (nSPS) is 16.0. The molecule has 1 aliphatic carbocycles. The highest BCUT2D eigenvalue weighted by molar-refractivity contribution is 5.85. The molecule has 1 aliphatic rings. The van der Waals surface area contributed by atoms with Crippen molar-refractivity contribution in [2.75, 3.05) is 0 Å². The van der Waals surface area contributed by atoms with Crippen molar-refractivity contribution < 1.29 is 0 Å². The molecule has 3 rings (SSSR count). The highest BCUT2D eigenvalue weighted by atomic mass is 16.1. The van der Waals surface area contributed by atoms with E-state index in [4.69, 9.17) is 0 Å². The van der Waals surface area contributed by atoms with Crippen LogP contribution in [0.3, 0.4) is 0 Å². The number of hydrogen-bond acceptors (Lipinski definition) is 1. The van der Waals surface area contributed by atoms with Crippen LogP contribution in [0, 0.1) is 6.92 Å². The fourth-order valence-corrected chi connectivity index (χ4v) is 2.82. The molecule has 0 N–H and O–H groups in total. The second-order valence-electron chi connectivity index (χ2n) is 6.73. The van der Waals surface area contributed by atoms with Crippen molar-refractivity contribution in [2.45, 2.75) is 52.0 Å². The molecular weight excluding hydrogens is 234 g/mol. The lowest BCUT2D eigenvalue weighted by molar-refractivity contribution is 0.508. The van der Waals surface area contributed by atoms with E-state index in [1.54, 1.807) is 0 Å². The van der Waals surface area contributed by atoms with Crippen LogP contribution >= 0.6 is 0 Å². The Balaban J connectivity index is 2.44. The summed E-state index contributed by atoms with van der Waals surface area (Å²) in [6.07, 6.45) is 2.28. The summed E-state index contributed by atoms with van der Waals surface area (Å²) in [5.74, 6) is 0. The maximum atomic E-state index is 12.9. The van der Waals surface area contributed by atoms with Crippen molar-refractivity contribution >= 4 is 10.8 Å². The van der Waals surface area contributed by atoms with Gasteiger partial charge in [-0.3, -0.25) is 4.79 Å². The van der Waals surface area contributed by atoms with E-state index in [9.17, 15) is 4.79 Å². The zero-order valence-corrected chi connectivity index (χ0v) is 12.2. The van der Waals surface area contributed by atoms with Crippen LogP contribution in [0.25, 0.3) is 10.8 Å². The largest absolute Gasteiger partial charge is 0.309 e. The number of aryl methyl sites for hydroxylation is 1. The van der Waals surface area contributed by atoms with E-state index >= 15 is 0 Å². The summed E-state index contributed by atoms with van der Waals surface area (Å²) < 4.78 is 2.05. The second kappa shape index (κ2) is 3.96. The lowest BCUT2D eigenvalue weighted by Crippen LogP contribution is -2.29. The van der Waals surface area contributed by atoms with Gasteiger partial charge in [-0.1, -0.05) is 39.0 Å². The molecule has 0 saturated heterocycles. The van der Waals surface area contributed by atoms with Crippen LogP contribution in [-0.2, 0) is 5.41 Å². The van der Waals surface area contributed by atoms with Gasteiger partial charge in [0.2, 0.25) is 0 Å². The molecule has 1 aromatic heterocycles. The molecule has 0 spiro atoms. The SMILES string of the molecule is Cc1cccc2cc(C(C)(C)C)n(C3CC3)c(=O)c12. The van der Waals surface area contributed by atoms with E-state index in [2.05, 4.69) is 37.5 Å². The minimum absolute atomic E-state index is 0.000311. The second-order valence-corrected chi connectivity index (χ2v) is 6.73. The maximum Gasteiger partial charge on any atom is 0.259 e. The van der Waals surface area contributed by atoms with Gasteiger partial charge in [0.05, 0.1) is 5.39 Å². The van der Waals surface area contributed by atoms with Crippen molar-refractivity contribution in [1.29, 1.82) is 0 Å². The fourth-order valence-electron chi connectivity index (χ4n) is 2.82. The fraction of sp³-hybridized carbons (Fsp3) is 0.471. The van der Waals surface area contributed by atoms with E-state index in [-0.39, 0.29) is 11.0 Å². The zero-order valence-electron chi connectivity index (χ0n) is 12.2. The van der Waals surface area contributed by atoms with E-state index in [1.807, 2.05) is 19.1 Å². The number of rotatable bonds is 1. The number of aromatic nitrogens is 1. The van der Waals surface area contributed by atoms with Crippen LogP contribution in [0.1, 0.15) is 50.9 Å². The smallest absolute Gasteiger partial charge is 0.259 e. The Bertz CT molecular complexity index is 699. The molecule has 2 aromatic rings. The average Bonchev–Trinajstić information content (AvgIpc) is 3.11. The van der Waals surface area contributed by atoms with Crippen molar-refractivity contribution in [3.05, 3.63) is 45.9 Å². The number of nitrogens with zero attached hydrogens (tertiary/aromatic N) is 1. The lowest BCUT2D eigenvalue weighted by atomic mass is 9.89. The minimum atomic E-state index is -0.000311. The first-order chi connectivity index (χ1) is 8.89. The molecule has 100 valence electrons. The van der Waals surface area contributed by atoms with Crippen LogP contribution in [0.4, 0.5) is 0 Å². The predicted molar refractivity (Wildman–Crippen MR) is 79.9 cm³/mol. The van der Waals surface area contributed by atoms with Crippen molar-refractivity contribution in [3.63, 3.8) is 0 Å². The standard InChI is InChI=1S/C17H21NO/c1-11-6-5-7-12-10-14(17(2,3)4)18(13-8-9-13)16(19)15(11)12/h5-7,10,13H,8-9H2,1-4H3. The number of benzene rings is 1. The van der Waals surface area contributed by atoms with E-state index < -0.39 is 0 Å². The molecule has 0 aliphatic heterocycles. The molecule has 1 aromatic carbocycles. The Morgan fingerprint density at radius 3 is 2.47 bits per heavy atom. The van der Waals surface area contributed by atoms with Crippen LogP contribution in [-0.4, -0.2) is 4.57 Å². The first-order valence-electron chi connectivity index (χ1n) is 7.05.